The third-order valence-electron chi connectivity index (χ3n) is 6.56. The summed E-state index contributed by atoms with van der Waals surface area (Å²) in [7, 11) is 1.88. The molecule has 0 radical (unpaired) electrons. The van der Waals surface area contributed by atoms with Gasteiger partial charge in [-0.2, -0.15) is 0 Å². The van der Waals surface area contributed by atoms with Crippen molar-refractivity contribution in [1.82, 2.24) is 4.90 Å². The molecule has 160 valence electrons. The number of nitrogens with zero attached hydrogens (tertiary/aromatic N) is 1. The van der Waals surface area contributed by atoms with E-state index in [1.165, 1.54) is 12.5 Å². The van der Waals surface area contributed by atoms with Gasteiger partial charge in [-0.25, -0.2) is 4.79 Å². The van der Waals surface area contributed by atoms with Crippen LogP contribution in [-0.2, 0) is 16.1 Å². The first-order valence-corrected chi connectivity index (χ1v) is 10.9. The van der Waals surface area contributed by atoms with E-state index in [9.17, 15) is 9.59 Å². The van der Waals surface area contributed by atoms with Crippen LogP contribution in [0.2, 0.25) is 5.02 Å². The highest BCUT2D eigenvalue weighted by Crippen LogP contribution is 2.32. The Bertz CT molecular complexity index is 730. The molecule has 0 aliphatic heterocycles. The molecule has 2 saturated carbocycles. The largest absolute Gasteiger partial charge is 0.478 e. The molecule has 29 heavy (non-hydrogen) atoms. The summed E-state index contributed by atoms with van der Waals surface area (Å²) in [5.41, 5.74) is 7.20. The highest BCUT2D eigenvalue weighted by molar-refractivity contribution is 6.31. The topological polar surface area (TPSA) is 92.9 Å². The molecule has 7 heteroatoms. The third-order valence-corrected chi connectivity index (χ3v) is 6.93. The van der Waals surface area contributed by atoms with Crippen molar-refractivity contribution >= 4 is 23.5 Å². The zero-order valence-electron chi connectivity index (χ0n) is 17.0. The predicted octanol–water partition coefficient (Wildman–Crippen LogP) is 3.70. The van der Waals surface area contributed by atoms with Crippen LogP contribution in [0.3, 0.4) is 0 Å². The Morgan fingerprint density at radius 2 is 1.93 bits per heavy atom. The molecule has 1 amide bonds. The van der Waals surface area contributed by atoms with Crippen LogP contribution in [0.1, 0.15) is 60.9 Å². The number of rotatable bonds is 8. The maximum absolute atomic E-state index is 12.6. The van der Waals surface area contributed by atoms with Crippen LogP contribution in [0.4, 0.5) is 0 Å². The van der Waals surface area contributed by atoms with Gasteiger partial charge in [-0.05, 0) is 80.5 Å². The van der Waals surface area contributed by atoms with Crippen LogP contribution in [0.25, 0.3) is 0 Å². The van der Waals surface area contributed by atoms with Crippen molar-refractivity contribution in [3.63, 3.8) is 0 Å². The van der Waals surface area contributed by atoms with Crippen LogP contribution in [0.15, 0.2) is 18.2 Å². The lowest BCUT2D eigenvalue weighted by Gasteiger charge is -2.38. The van der Waals surface area contributed by atoms with E-state index in [0.29, 0.717) is 35.8 Å². The number of carbonyl (C=O) groups excluding carboxylic acids is 1. The zero-order chi connectivity index (χ0) is 21.0. The van der Waals surface area contributed by atoms with Gasteiger partial charge in [0.2, 0.25) is 5.91 Å². The van der Waals surface area contributed by atoms with Crippen LogP contribution < -0.4 is 5.73 Å². The number of likely N-dealkylation sites (N-methyl/N-ethyl adjacent to an activating group) is 1. The molecule has 2 fully saturated rings. The number of hydrogen-bond donors (Lipinski definition) is 2. The van der Waals surface area contributed by atoms with Crippen molar-refractivity contribution in [2.24, 2.45) is 17.6 Å². The second-order valence-corrected chi connectivity index (χ2v) is 8.87. The van der Waals surface area contributed by atoms with Crippen LogP contribution in [0, 0.1) is 11.8 Å². The summed E-state index contributed by atoms with van der Waals surface area (Å²) >= 11 is 6.15. The standard InChI is InChI=1S/C22H31ClN2O4/c1-25(18-3-2-4-18)21(26)20(24)15-7-5-14(6-8-15)12-29-13-17-11-16(22(27)28)9-10-19(17)23/h9-11,14-15,18,20H,2-8,12-13,24H2,1H3,(H,27,28)/t14?,15?,20-/m0/s1. The number of aromatic carboxylic acids is 1. The molecular formula is C22H31ClN2O4. The van der Waals surface area contributed by atoms with E-state index in [0.717, 1.165) is 38.5 Å². The quantitative estimate of drug-likeness (QED) is 0.666. The molecule has 0 bridgehead atoms. The number of nitrogens with two attached hydrogens (primary N) is 1. The molecule has 1 atom stereocenters. The summed E-state index contributed by atoms with van der Waals surface area (Å²) in [5.74, 6) is -0.222. The van der Waals surface area contributed by atoms with Gasteiger partial charge in [0.05, 0.1) is 18.2 Å². The lowest BCUT2D eigenvalue weighted by Crippen LogP contribution is -2.52. The van der Waals surface area contributed by atoms with Gasteiger partial charge < -0.3 is 20.5 Å². The van der Waals surface area contributed by atoms with E-state index < -0.39 is 12.0 Å². The number of benzene rings is 1. The molecule has 2 aliphatic rings. The first-order valence-electron chi connectivity index (χ1n) is 10.5. The number of carboxylic acids is 1. The average molecular weight is 423 g/mol. The van der Waals surface area contributed by atoms with Gasteiger partial charge in [0, 0.05) is 24.7 Å². The molecule has 0 unspecified atom stereocenters. The minimum Gasteiger partial charge on any atom is -0.478 e. The summed E-state index contributed by atoms with van der Waals surface area (Å²) in [6.45, 7) is 0.898. The average Bonchev–Trinajstić information content (AvgIpc) is 2.67. The van der Waals surface area contributed by atoms with Gasteiger partial charge in [-0.1, -0.05) is 11.6 Å². The Balaban J connectivity index is 1.41. The maximum Gasteiger partial charge on any atom is 0.335 e. The summed E-state index contributed by atoms with van der Waals surface area (Å²) < 4.78 is 5.83. The van der Waals surface area contributed by atoms with Gasteiger partial charge >= 0.3 is 5.97 Å². The summed E-state index contributed by atoms with van der Waals surface area (Å²) in [5, 5.41) is 9.61. The minimum atomic E-state index is -0.977. The number of amides is 1. The van der Waals surface area contributed by atoms with E-state index in [1.807, 2.05) is 11.9 Å². The Morgan fingerprint density at radius 1 is 1.24 bits per heavy atom. The molecule has 1 aromatic rings. The number of carboxylic acid groups (broad SMARTS) is 1. The normalized spacial score (nSPS) is 23.3. The summed E-state index contributed by atoms with van der Waals surface area (Å²) in [6, 6.07) is 4.62. The Kier molecular flexibility index (Phi) is 7.55. The van der Waals surface area contributed by atoms with Crippen molar-refractivity contribution < 1.29 is 19.4 Å². The second kappa shape index (κ2) is 9.92. The number of hydrogen-bond acceptors (Lipinski definition) is 4. The van der Waals surface area contributed by atoms with Crippen LogP contribution in [0.5, 0.6) is 0 Å². The molecule has 0 heterocycles. The molecule has 3 rings (SSSR count). The van der Waals surface area contributed by atoms with Gasteiger partial charge in [0.15, 0.2) is 0 Å². The van der Waals surface area contributed by atoms with Gasteiger partial charge in [-0.3, -0.25) is 4.79 Å². The molecule has 1 aromatic carbocycles. The maximum atomic E-state index is 12.6. The van der Waals surface area contributed by atoms with E-state index in [1.54, 1.807) is 12.1 Å². The highest BCUT2D eigenvalue weighted by atomic mass is 35.5. The SMILES string of the molecule is CN(C(=O)[C@@H](N)C1CCC(COCc2cc(C(=O)O)ccc2Cl)CC1)C1CCC1. The lowest BCUT2D eigenvalue weighted by atomic mass is 9.78. The van der Waals surface area contributed by atoms with Crippen molar-refractivity contribution in [2.45, 2.75) is 63.6 Å². The summed E-state index contributed by atoms with van der Waals surface area (Å²) in [4.78, 5) is 25.6. The fourth-order valence-electron chi connectivity index (χ4n) is 4.26. The first-order chi connectivity index (χ1) is 13.9. The molecule has 2 aliphatic carbocycles. The Hall–Kier alpha value is -1.63. The minimum absolute atomic E-state index is 0.0855. The second-order valence-electron chi connectivity index (χ2n) is 8.47. The molecule has 0 aromatic heterocycles. The molecular weight excluding hydrogens is 392 g/mol. The third kappa shape index (κ3) is 5.50. The Labute approximate surface area is 177 Å². The van der Waals surface area contributed by atoms with Gasteiger partial charge in [-0.15, -0.1) is 0 Å². The van der Waals surface area contributed by atoms with Crippen LogP contribution >= 0.6 is 11.6 Å². The molecule has 3 N–H and O–H groups in total. The van der Waals surface area contributed by atoms with Crippen LogP contribution in [-0.4, -0.2) is 47.6 Å². The number of halogens is 1. The zero-order valence-corrected chi connectivity index (χ0v) is 17.7. The lowest BCUT2D eigenvalue weighted by molar-refractivity contribution is -0.136. The van der Waals surface area contributed by atoms with Gasteiger partial charge in [0.1, 0.15) is 0 Å². The predicted molar refractivity (Wildman–Crippen MR) is 112 cm³/mol. The smallest absolute Gasteiger partial charge is 0.335 e. The van der Waals surface area contributed by atoms with Crippen molar-refractivity contribution in [3.05, 3.63) is 34.3 Å². The fraction of sp³-hybridized carbons (Fsp3) is 0.636. The summed E-state index contributed by atoms with van der Waals surface area (Å²) in [6.07, 6.45) is 7.25. The Morgan fingerprint density at radius 3 is 2.52 bits per heavy atom. The molecule has 0 saturated heterocycles. The van der Waals surface area contributed by atoms with E-state index in [2.05, 4.69) is 0 Å². The van der Waals surface area contributed by atoms with E-state index in [4.69, 9.17) is 27.2 Å². The first kappa shape index (κ1) is 22.1. The molecule has 6 nitrogen and oxygen atoms in total. The van der Waals surface area contributed by atoms with Crippen molar-refractivity contribution in [3.8, 4) is 0 Å². The monoisotopic (exact) mass is 422 g/mol. The van der Waals surface area contributed by atoms with Crippen molar-refractivity contribution in [1.29, 1.82) is 0 Å². The number of ether oxygens (including phenoxy) is 1. The van der Waals surface area contributed by atoms with E-state index >= 15 is 0 Å². The van der Waals surface area contributed by atoms with Crippen molar-refractivity contribution in [2.75, 3.05) is 13.7 Å². The van der Waals surface area contributed by atoms with Gasteiger partial charge in [0.25, 0.3) is 0 Å². The number of carbonyl (C=O) groups is 2. The highest BCUT2D eigenvalue weighted by Gasteiger charge is 2.34. The molecule has 0 spiro atoms. The fourth-order valence-corrected chi connectivity index (χ4v) is 4.43. The van der Waals surface area contributed by atoms with E-state index in [-0.39, 0.29) is 17.4 Å².